The summed E-state index contributed by atoms with van der Waals surface area (Å²) in [5.41, 5.74) is 3.35. The molecule has 31 heavy (non-hydrogen) atoms. The predicted molar refractivity (Wildman–Crippen MR) is 125 cm³/mol. The third-order valence-electron chi connectivity index (χ3n) is 4.68. The Hall–Kier alpha value is -3.10. The summed E-state index contributed by atoms with van der Waals surface area (Å²) in [4.78, 5) is 13.5. The molecule has 0 atom stereocenters. The van der Waals surface area contributed by atoms with Crippen LogP contribution in [-0.2, 0) is 17.9 Å². The van der Waals surface area contributed by atoms with E-state index in [2.05, 4.69) is 46.5 Å². The number of furan rings is 1. The van der Waals surface area contributed by atoms with Gasteiger partial charge in [-0.15, -0.1) is 28.1 Å². The van der Waals surface area contributed by atoms with Crippen molar-refractivity contribution < 1.29 is 9.21 Å². The Bertz CT molecular complexity index is 1160. The Kier molecular flexibility index (Phi) is 6.69. The molecule has 0 spiro atoms. The van der Waals surface area contributed by atoms with Gasteiger partial charge in [0.1, 0.15) is 5.76 Å². The molecule has 6 nitrogen and oxygen atoms in total. The number of aromatic nitrogens is 3. The third kappa shape index (κ3) is 4.81. The number of allylic oxidation sites excluding steroid dienone is 1. The van der Waals surface area contributed by atoms with Crippen LogP contribution in [0.1, 0.15) is 10.6 Å². The Morgan fingerprint density at radius 2 is 2.10 bits per heavy atom. The standard InChI is InChI=1S/C23H22N4O2S2/c1-3-11-27-22(19-14-30-16(2)21(19)17-8-5-4-6-9-17)25-26-23(27)31-15-20(28)24-13-18-10-7-12-29-18/h3-10,12,14H,1,11,13,15H2,2H3,(H,24,28). The SMILES string of the molecule is C=CCn1c(SCC(=O)NCc2ccco2)nnc1-c1csc(C)c1-c1ccccc1. The van der Waals surface area contributed by atoms with Gasteiger partial charge in [-0.25, -0.2) is 0 Å². The molecule has 1 amide bonds. The lowest BCUT2D eigenvalue weighted by molar-refractivity contribution is -0.118. The number of thiophene rings is 1. The van der Waals surface area contributed by atoms with Crippen LogP contribution in [0.5, 0.6) is 0 Å². The lowest BCUT2D eigenvalue weighted by Crippen LogP contribution is -2.24. The van der Waals surface area contributed by atoms with Crippen molar-refractivity contribution in [3.63, 3.8) is 0 Å². The molecule has 158 valence electrons. The van der Waals surface area contributed by atoms with Crippen LogP contribution in [0, 0.1) is 6.92 Å². The molecule has 3 heterocycles. The molecule has 0 saturated heterocycles. The molecule has 0 aliphatic carbocycles. The number of benzene rings is 1. The number of rotatable bonds is 9. The van der Waals surface area contributed by atoms with Gasteiger partial charge in [-0.1, -0.05) is 48.2 Å². The quantitative estimate of drug-likeness (QED) is 0.281. The van der Waals surface area contributed by atoms with Crippen LogP contribution < -0.4 is 5.32 Å². The summed E-state index contributed by atoms with van der Waals surface area (Å²) < 4.78 is 7.25. The first-order chi connectivity index (χ1) is 15.2. The van der Waals surface area contributed by atoms with Crippen LogP contribution in [-0.4, -0.2) is 26.4 Å². The number of amides is 1. The molecular weight excluding hydrogens is 428 g/mol. The number of carbonyl (C=O) groups is 1. The molecule has 4 rings (SSSR count). The fourth-order valence-electron chi connectivity index (χ4n) is 3.25. The van der Waals surface area contributed by atoms with Crippen LogP contribution in [0.15, 0.2) is 76.3 Å². The zero-order valence-corrected chi connectivity index (χ0v) is 18.7. The molecule has 0 saturated carbocycles. The van der Waals surface area contributed by atoms with Crippen molar-refractivity contribution in [2.24, 2.45) is 0 Å². The number of aryl methyl sites for hydroxylation is 1. The first-order valence-electron chi connectivity index (χ1n) is 9.77. The lowest BCUT2D eigenvalue weighted by Gasteiger charge is -2.09. The van der Waals surface area contributed by atoms with Gasteiger partial charge in [0.15, 0.2) is 11.0 Å². The Labute approximate surface area is 189 Å². The average molecular weight is 451 g/mol. The summed E-state index contributed by atoms with van der Waals surface area (Å²) in [6, 6.07) is 13.9. The maximum absolute atomic E-state index is 12.3. The monoisotopic (exact) mass is 450 g/mol. The van der Waals surface area contributed by atoms with Gasteiger partial charge in [-0.05, 0) is 24.6 Å². The molecule has 0 aliphatic heterocycles. The second-order valence-electron chi connectivity index (χ2n) is 6.80. The smallest absolute Gasteiger partial charge is 0.230 e. The van der Waals surface area contributed by atoms with Crippen molar-refractivity contribution in [2.45, 2.75) is 25.2 Å². The van der Waals surface area contributed by atoms with Crippen molar-refractivity contribution in [1.29, 1.82) is 0 Å². The highest BCUT2D eigenvalue weighted by Crippen LogP contribution is 2.39. The molecule has 0 radical (unpaired) electrons. The number of nitrogens with zero attached hydrogens (tertiary/aromatic N) is 3. The highest BCUT2D eigenvalue weighted by atomic mass is 32.2. The summed E-state index contributed by atoms with van der Waals surface area (Å²) in [6.07, 6.45) is 3.40. The summed E-state index contributed by atoms with van der Waals surface area (Å²) in [6.45, 7) is 6.92. The van der Waals surface area contributed by atoms with E-state index in [-0.39, 0.29) is 11.7 Å². The summed E-state index contributed by atoms with van der Waals surface area (Å²) >= 11 is 3.05. The van der Waals surface area contributed by atoms with E-state index in [1.54, 1.807) is 23.7 Å². The van der Waals surface area contributed by atoms with Crippen molar-refractivity contribution in [3.8, 4) is 22.5 Å². The fraction of sp³-hybridized carbons (Fsp3) is 0.174. The molecule has 0 bridgehead atoms. The number of thioether (sulfide) groups is 1. The van der Waals surface area contributed by atoms with Crippen LogP contribution in [0.3, 0.4) is 0 Å². The highest BCUT2D eigenvalue weighted by molar-refractivity contribution is 7.99. The molecule has 1 aromatic carbocycles. The Balaban J connectivity index is 1.55. The minimum absolute atomic E-state index is 0.0903. The van der Waals surface area contributed by atoms with Crippen LogP contribution in [0.4, 0.5) is 0 Å². The number of carbonyl (C=O) groups excluding carboxylic acids is 1. The van der Waals surface area contributed by atoms with Gasteiger partial charge < -0.3 is 9.73 Å². The molecular formula is C23H22N4O2S2. The largest absolute Gasteiger partial charge is 0.467 e. The first-order valence-corrected chi connectivity index (χ1v) is 11.6. The molecule has 0 fully saturated rings. The van der Waals surface area contributed by atoms with Crippen molar-refractivity contribution >= 4 is 29.0 Å². The highest BCUT2D eigenvalue weighted by Gasteiger charge is 2.20. The fourth-order valence-corrected chi connectivity index (χ4v) is 4.89. The van der Waals surface area contributed by atoms with E-state index in [1.807, 2.05) is 34.9 Å². The van der Waals surface area contributed by atoms with Gasteiger partial charge in [0.05, 0.1) is 18.6 Å². The van der Waals surface area contributed by atoms with E-state index in [9.17, 15) is 4.79 Å². The Morgan fingerprint density at radius 1 is 1.26 bits per heavy atom. The van der Waals surface area contributed by atoms with Crippen LogP contribution in [0.2, 0.25) is 0 Å². The van der Waals surface area contributed by atoms with E-state index >= 15 is 0 Å². The van der Waals surface area contributed by atoms with E-state index in [0.717, 1.165) is 28.3 Å². The summed E-state index contributed by atoms with van der Waals surface area (Å²) in [5, 5.41) is 14.5. The normalized spacial score (nSPS) is 10.9. The average Bonchev–Trinajstić information content (AvgIpc) is 3.52. The molecule has 0 aliphatic rings. The molecule has 1 N–H and O–H groups in total. The zero-order chi connectivity index (χ0) is 21.6. The van der Waals surface area contributed by atoms with Crippen molar-refractivity contribution in [1.82, 2.24) is 20.1 Å². The van der Waals surface area contributed by atoms with Gasteiger partial charge in [0.2, 0.25) is 5.91 Å². The second kappa shape index (κ2) is 9.80. The maximum atomic E-state index is 12.3. The minimum atomic E-state index is -0.0903. The zero-order valence-electron chi connectivity index (χ0n) is 17.1. The van der Waals surface area contributed by atoms with E-state index < -0.39 is 0 Å². The van der Waals surface area contributed by atoms with Gasteiger partial charge in [0, 0.05) is 27.9 Å². The molecule has 8 heteroatoms. The molecule has 4 aromatic rings. The first kappa shape index (κ1) is 21.1. The van der Waals surface area contributed by atoms with Crippen molar-refractivity contribution in [3.05, 3.63) is 77.4 Å². The maximum Gasteiger partial charge on any atom is 0.230 e. The molecule has 3 aromatic heterocycles. The van der Waals surface area contributed by atoms with Crippen LogP contribution >= 0.6 is 23.1 Å². The van der Waals surface area contributed by atoms with Gasteiger partial charge in [-0.2, -0.15) is 0 Å². The summed E-state index contributed by atoms with van der Waals surface area (Å²) in [7, 11) is 0. The topological polar surface area (TPSA) is 73.0 Å². The second-order valence-corrected chi connectivity index (χ2v) is 8.82. The predicted octanol–water partition coefficient (Wildman–Crippen LogP) is 5.17. The van der Waals surface area contributed by atoms with Gasteiger partial charge in [0.25, 0.3) is 0 Å². The summed E-state index contributed by atoms with van der Waals surface area (Å²) in [5.74, 6) is 1.65. The van der Waals surface area contributed by atoms with E-state index in [0.29, 0.717) is 18.2 Å². The van der Waals surface area contributed by atoms with Crippen LogP contribution in [0.25, 0.3) is 22.5 Å². The number of nitrogens with one attached hydrogen (secondary N) is 1. The van der Waals surface area contributed by atoms with E-state index in [4.69, 9.17) is 4.42 Å². The van der Waals surface area contributed by atoms with Crippen molar-refractivity contribution in [2.75, 3.05) is 5.75 Å². The molecule has 0 unspecified atom stereocenters. The van der Waals surface area contributed by atoms with Gasteiger partial charge >= 0.3 is 0 Å². The van der Waals surface area contributed by atoms with E-state index in [1.165, 1.54) is 16.6 Å². The minimum Gasteiger partial charge on any atom is -0.467 e. The van der Waals surface area contributed by atoms with Gasteiger partial charge in [-0.3, -0.25) is 9.36 Å². The third-order valence-corrected chi connectivity index (χ3v) is 6.56. The number of hydrogen-bond acceptors (Lipinski definition) is 6. The Morgan fingerprint density at radius 3 is 2.84 bits per heavy atom. The number of hydrogen-bond donors (Lipinski definition) is 1. The lowest BCUT2D eigenvalue weighted by atomic mass is 10.0.